The fourth-order valence-electron chi connectivity index (χ4n) is 7.71. The van der Waals surface area contributed by atoms with Gasteiger partial charge in [0.1, 0.15) is 0 Å². The molecule has 0 saturated carbocycles. The number of hydrogen-bond acceptors (Lipinski definition) is 2. The third kappa shape index (κ3) is 4.50. The maximum Gasteiger partial charge on any atom is 0.0542 e. The lowest BCUT2D eigenvalue weighted by Crippen LogP contribution is -1.84. The van der Waals surface area contributed by atoms with Gasteiger partial charge in [0, 0.05) is 20.2 Å². The molecule has 0 fully saturated rings. The molecule has 2 heterocycles. The van der Waals surface area contributed by atoms with Crippen molar-refractivity contribution in [2.24, 2.45) is 0 Å². The Hall–Kier alpha value is -5.80. The first-order valence-electron chi connectivity index (χ1n) is 17.1. The summed E-state index contributed by atoms with van der Waals surface area (Å²) in [6.45, 7) is 0. The molecule has 0 radical (unpaired) electrons. The molecule has 0 amide bonds. The lowest BCUT2D eigenvalue weighted by Gasteiger charge is -2.10. The van der Waals surface area contributed by atoms with E-state index in [1.54, 1.807) is 0 Å². The van der Waals surface area contributed by atoms with Gasteiger partial charge in [0.05, 0.1) is 9.40 Å². The van der Waals surface area contributed by atoms with Crippen molar-refractivity contribution >= 4 is 95.3 Å². The van der Waals surface area contributed by atoms with Crippen LogP contribution in [-0.4, -0.2) is 0 Å². The van der Waals surface area contributed by atoms with Crippen LogP contribution in [0.3, 0.4) is 0 Å². The average molecular weight is 669 g/mol. The van der Waals surface area contributed by atoms with Crippen LogP contribution in [0.4, 0.5) is 0 Å². The molecule has 2 heteroatoms. The molecule has 11 aromatic rings. The zero-order valence-electron chi connectivity index (χ0n) is 27.0. The molecule has 0 saturated heterocycles. The molecule has 0 bridgehead atoms. The highest BCUT2D eigenvalue weighted by Gasteiger charge is 2.14. The highest BCUT2D eigenvalue weighted by Crippen LogP contribution is 2.46. The summed E-state index contributed by atoms with van der Waals surface area (Å²) in [7, 11) is 0. The van der Waals surface area contributed by atoms with Crippen molar-refractivity contribution in [2.45, 2.75) is 0 Å². The largest absolute Gasteiger partial charge is 0.134 e. The van der Waals surface area contributed by atoms with Gasteiger partial charge in [-0.25, -0.2) is 0 Å². The van der Waals surface area contributed by atoms with Crippen molar-refractivity contribution in [3.05, 3.63) is 170 Å². The summed E-state index contributed by atoms with van der Waals surface area (Å²) in [5, 5.41) is 13.0. The molecule has 11 rings (SSSR count). The van der Waals surface area contributed by atoms with Crippen molar-refractivity contribution in [2.75, 3.05) is 0 Å². The van der Waals surface area contributed by atoms with E-state index in [2.05, 4.69) is 170 Å². The molecule has 0 aliphatic carbocycles. The molecule has 0 spiro atoms. The van der Waals surface area contributed by atoms with Crippen LogP contribution in [0.1, 0.15) is 0 Å². The fourth-order valence-corrected chi connectivity index (χ4v) is 10.4. The minimum Gasteiger partial charge on any atom is -0.134 e. The van der Waals surface area contributed by atoms with E-state index in [0.717, 1.165) is 0 Å². The van der Waals surface area contributed by atoms with Crippen LogP contribution in [0.2, 0.25) is 0 Å². The van der Waals surface area contributed by atoms with Crippen molar-refractivity contribution in [1.29, 1.82) is 0 Å². The summed E-state index contributed by atoms with van der Waals surface area (Å²) >= 11 is 3.87. The first-order chi connectivity index (χ1) is 24.7. The highest BCUT2D eigenvalue weighted by atomic mass is 32.1. The van der Waals surface area contributed by atoms with Crippen LogP contribution in [0, 0.1) is 0 Å². The van der Waals surface area contributed by atoms with Crippen LogP contribution in [0.15, 0.2) is 170 Å². The Morgan fingerprint density at radius 1 is 0.240 bits per heavy atom. The number of thiophene rings is 2. The Morgan fingerprint density at radius 2 is 0.600 bits per heavy atom. The van der Waals surface area contributed by atoms with E-state index < -0.39 is 0 Å². The van der Waals surface area contributed by atoms with Gasteiger partial charge in [0.25, 0.3) is 0 Å². The van der Waals surface area contributed by atoms with Gasteiger partial charge in [-0.2, -0.15) is 0 Å². The topological polar surface area (TPSA) is 0 Å². The molecule has 0 nitrogen and oxygen atoms in total. The maximum atomic E-state index is 2.40. The second kappa shape index (κ2) is 10.9. The van der Waals surface area contributed by atoms with Crippen molar-refractivity contribution in [3.8, 4) is 33.4 Å². The predicted molar refractivity (Wildman–Crippen MR) is 221 cm³/mol. The molecule has 9 aromatic carbocycles. The van der Waals surface area contributed by atoms with Crippen molar-refractivity contribution < 1.29 is 0 Å². The molecule has 50 heavy (non-hydrogen) atoms. The standard InChI is InChI=1S/C48H28S2/c1-2-6-29(7-3-1)33-14-15-35-21-36(17-16-34(35)20-33)37-12-10-30-11-13-38(23-41(30)22-37)39-18-19-40-26-44-46(28-42(40)24-39)50-47-43-25-31-8-4-5-9-32(31)27-45(43)49-48(44)47/h1-28H. The number of fused-ring (bicyclic) bond motifs is 9. The smallest absolute Gasteiger partial charge is 0.0542 e. The highest BCUT2D eigenvalue weighted by molar-refractivity contribution is 7.36. The summed E-state index contributed by atoms with van der Waals surface area (Å²) in [6, 6.07) is 63.1. The van der Waals surface area contributed by atoms with Crippen molar-refractivity contribution in [3.63, 3.8) is 0 Å². The molecule has 0 N–H and O–H groups in total. The Labute approximate surface area is 297 Å². The Morgan fingerprint density at radius 3 is 1.14 bits per heavy atom. The monoisotopic (exact) mass is 668 g/mol. The first kappa shape index (κ1) is 28.1. The lowest BCUT2D eigenvalue weighted by molar-refractivity contribution is 1.63. The first-order valence-corrected chi connectivity index (χ1v) is 18.7. The lowest BCUT2D eigenvalue weighted by atomic mass is 9.95. The van der Waals surface area contributed by atoms with E-state index in [0.29, 0.717) is 0 Å². The molecule has 0 unspecified atom stereocenters. The Kier molecular flexibility index (Phi) is 6.09. The summed E-state index contributed by atoms with van der Waals surface area (Å²) < 4.78 is 5.56. The molecule has 0 atom stereocenters. The molecule has 2 aromatic heterocycles. The predicted octanol–water partition coefficient (Wildman–Crippen LogP) is 14.9. The molecular formula is C48H28S2. The molecule has 0 aliphatic rings. The second-order valence-electron chi connectivity index (χ2n) is 13.4. The zero-order chi connectivity index (χ0) is 32.8. The normalized spacial score (nSPS) is 12.0. The van der Waals surface area contributed by atoms with E-state index in [-0.39, 0.29) is 0 Å². The van der Waals surface area contributed by atoms with E-state index in [1.165, 1.54) is 106 Å². The van der Waals surface area contributed by atoms with E-state index >= 15 is 0 Å². The quantitative estimate of drug-likeness (QED) is 0.176. The van der Waals surface area contributed by atoms with Crippen LogP contribution in [-0.2, 0) is 0 Å². The fraction of sp³-hybridized carbons (Fsp3) is 0. The van der Waals surface area contributed by atoms with Gasteiger partial charge in [-0.3, -0.25) is 0 Å². The molecule has 0 aliphatic heterocycles. The SMILES string of the molecule is c1ccc(-c2ccc3cc(-c4ccc5ccc(-c6ccc7cc8c(cc7c6)sc6c7cc9ccccc9cc7sc86)cc5c4)ccc3c2)cc1. The van der Waals surface area contributed by atoms with Gasteiger partial charge < -0.3 is 0 Å². The summed E-state index contributed by atoms with van der Waals surface area (Å²) in [5.41, 5.74) is 7.47. The van der Waals surface area contributed by atoms with Gasteiger partial charge in [0.15, 0.2) is 0 Å². The van der Waals surface area contributed by atoms with Gasteiger partial charge in [-0.15, -0.1) is 22.7 Å². The number of benzene rings is 9. The van der Waals surface area contributed by atoms with Gasteiger partial charge in [-0.05, 0) is 131 Å². The summed E-state index contributed by atoms with van der Waals surface area (Å²) in [5.74, 6) is 0. The van der Waals surface area contributed by atoms with Gasteiger partial charge >= 0.3 is 0 Å². The van der Waals surface area contributed by atoms with E-state index in [9.17, 15) is 0 Å². The van der Waals surface area contributed by atoms with Crippen molar-refractivity contribution in [1.82, 2.24) is 0 Å². The van der Waals surface area contributed by atoms with E-state index in [1.807, 2.05) is 22.7 Å². The number of hydrogen-bond donors (Lipinski definition) is 0. The third-order valence-electron chi connectivity index (χ3n) is 10.4. The van der Waals surface area contributed by atoms with Gasteiger partial charge in [-0.1, -0.05) is 115 Å². The minimum absolute atomic E-state index is 1.24. The second-order valence-corrected chi connectivity index (χ2v) is 15.5. The Bertz CT molecular complexity index is 3140. The van der Waals surface area contributed by atoms with Crippen LogP contribution in [0.25, 0.3) is 106 Å². The minimum atomic E-state index is 1.24. The molecular weight excluding hydrogens is 641 g/mol. The maximum absolute atomic E-state index is 2.40. The average Bonchev–Trinajstić information content (AvgIpc) is 3.70. The zero-order valence-corrected chi connectivity index (χ0v) is 28.6. The number of rotatable bonds is 3. The Balaban J connectivity index is 0.957. The molecule has 232 valence electrons. The van der Waals surface area contributed by atoms with Gasteiger partial charge in [0.2, 0.25) is 0 Å². The van der Waals surface area contributed by atoms with Crippen LogP contribution < -0.4 is 0 Å². The van der Waals surface area contributed by atoms with Crippen LogP contribution in [0.5, 0.6) is 0 Å². The third-order valence-corrected chi connectivity index (χ3v) is 12.9. The van der Waals surface area contributed by atoms with E-state index in [4.69, 9.17) is 0 Å². The van der Waals surface area contributed by atoms with Crippen LogP contribution >= 0.6 is 22.7 Å². The summed E-state index contributed by atoms with van der Waals surface area (Å²) in [4.78, 5) is 0. The summed E-state index contributed by atoms with van der Waals surface area (Å²) in [6.07, 6.45) is 0.